The van der Waals surface area contributed by atoms with Crippen molar-refractivity contribution in [2.24, 2.45) is 5.92 Å². The second kappa shape index (κ2) is 3.04. The maximum Gasteiger partial charge on any atom is 0.225 e. The molecule has 0 aromatic heterocycles. The normalized spacial score (nSPS) is 28.4. The lowest BCUT2D eigenvalue weighted by molar-refractivity contribution is -0.133. The van der Waals surface area contributed by atoms with Gasteiger partial charge in [-0.2, -0.15) is 0 Å². The Bertz CT molecular complexity index is 119. The Hall–Kier alpha value is -0.530. The molecule has 58 valence electrons. The quantitative estimate of drug-likeness (QED) is 0.497. The van der Waals surface area contributed by atoms with Gasteiger partial charge in [0.05, 0.1) is 0 Å². The van der Waals surface area contributed by atoms with Gasteiger partial charge in [0.2, 0.25) is 5.91 Å². The maximum atomic E-state index is 11.3. The van der Waals surface area contributed by atoms with Crippen molar-refractivity contribution >= 4 is 5.91 Å². The molecule has 0 aromatic carbocycles. The summed E-state index contributed by atoms with van der Waals surface area (Å²) in [6, 6.07) is 0. The highest BCUT2D eigenvalue weighted by Crippen LogP contribution is 2.15. The average Bonchev–Trinajstić information content (AvgIpc) is 2.04. The van der Waals surface area contributed by atoms with Gasteiger partial charge in [0.1, 0.15) is 0 Å². The van der Waals surface area contributed by atoms with E-state index in [1.807, 2.05) is 18.9 Å². The molecule has 10 heavy (non-hydrogen) atoms. The summed E-state index contributed by atoms with van der Waals surface area (Å²) in [5.41, 5.74) is 0. The Kier molecular flexibility index (Phi) is 2.30. The first-order valence-electron chi connectivity index (χ1n) is 3.97. The smallest absolute Gasteiger partial charge is 0.225 e. The molecule has 1 aliphatic rings. The van der Waals surface area contributed by atoms with E-state index in [-0.39, 0.29) is 5.92 Å². The largest absolute Gasteiger partial charge is 0.346 e. The number of hydrogen-bond acceptors (Lipinski definition) is 1. The van der Waals surface area contributed by atoms with E-state index >= 15 is 0 Å². The molecule has 1 saturated heterocycles. The molecular weight excluding hydrogens is 126 g/mol. The Balaban J connectivity index is 2.55. The van der Waals surface area contributed by atoms with E-state index in [0.29, 0.717) is 5.91 Å². The van der Waals surface area contributed by atoms with Crippen LogP contribution < -0.4 is 0 Å². The van der Waals surface area contributed by atoms with Crippen molar-refractivity contribution in [3.8, 4) is 0 Å². The van der Waals surface area contributed by atoms with Crippen LogP contribution in [0.2, 0.25) is 0 Å². The summed E-state index contributed by atoms with van der Waals surface area (Å²) >= 11 is 0. The zero-order valence-electron chi connectivity index (χ0n) is 6.76. The molecule has 0 saturated carbocycles. The third kappa shape index (κ3) is 1.49. The number of hydrogen-bond donors (Lipinski definition) is 0. The zero-order valence-corrected chi connectivity index (χ0v) is 6.76. The molecule has 0 N–H and O–H groups in total. The molecule has 0 radical (unpaired) electrons. The number of nitrogens with zero attached hydrogens (tertiary/aromatic N) is 1. The van der Waals surface area contributed by atoms with Gasteiger partial charge in [-0.25, -0.2) is 0 Å². The fourth-order valence-electron chi connectivity index (χ4n) is 1.41. The summed E-state index contributed by atoms with van der Waals surface area (Å²) in [6.07, 6.45) is 3.45. The molecular formula is C8H15NO. The van der Waals surface area contributed by atoms with Gasteiger partial charge in [0.15, 0.2) is 0 Å². The van der Waals surface area contributed by atoms with Crippen molar-refractivity contribution in [2.75, 3.05) is 13.6 Å². The molecule has 1 heterocycles. The molecule has 0 aromatic rings. The molecule has 1 fully saturated rings. The summed E-state index contributed by atoms with van der Waals surface area (Å²) in [5, 5.41) is 0. The van der Waals surface area contributed by atoms with Crippen molar-refractivity contribution in [1.82, 2.24) is 4.90 Å². The Morgan fingerprint density at radius 2 is 2.20 bits per heavy atom. The zero-order chi connectivity index (χ0) is 7.56. The number of likely N-dealkylation sites (tertiary alicyclic amines) is 1. The molecule has 1 rings (SSSR count). The Morgan fingerprint density at radius 3 is 2.90 bits per heavy atom. The van der Waals surface area contributed by atoms with Crippen LogP contribution in [0.5, 0.6) is 0 Å². The lowest BCUT2D eigenvalue weighted by Gasteiger charge is -2.16. The minimum Gasteiger partial charge on any atom is -0.346 e. The van der Waals surface area contributed by atoms with Crippen LogP contribution in [0.25, 0.3) is 0 Å². The number of amides is 1. The lowest BCUT2D eigenvalue weighted by atomic mass is 10.1. The Labute approximate surface area is 62.2 Å². The summed E-state index contributed by atoms with van der Waals surface area (Å²) in [7, 11) is 1.89. The third-order valence-electron chi connectivity index (χ3n) is 2.18. The molecule has 0 bridgehead atoms. The minimum absolute atomic E-state index is 0.257. The van der Waals surface area contributed by atoms with Crippen LogP contribution in [0, 0.1) is 5.92 Å². The van der Waals surface area contributed by atoms with E-state index in [1.165, 1.54) is 12.8 Å². The summed E-state index contributed by atoms with van der Waals surface area (Å²) in [4.78, 5) is 13.1. The predicted octanol–water partition coefficient (Wildman–Crippen LogP) is 1.26. The van der Waals surface area contributed by atoms with E-state index in [9.17, 15) is 4.79 Å². The van der Waals surface area contributed by atoms with E-state index in [4.69, 9.17) is 0 Å². The van der Waals surface area contributed by atoms with Crippen LogP contribution in [0.1, 0.15) is 26.2 Å². The number of carbonyl (C=O) groups excluding carboxylic acids is 1. The fourth-order valence-corrected chi connectivity index (χ4v) is 1.41. The third-order valence-corrected chi connectivity index (χ3v) is 2.18. The molecule has 0 unspecified atom stereocenters. The Morgan fingerprint density at radius 1 is 1.50 bits per heavy atom. The van der Waals surface area contributed by atoms with Crippen molar-refractivity contribution in [3.63, 3.8) is 0 Å². The van der Waals surface area contributed by atoms with Crippen molar-refractivity contribution < 1.29 is 4.79 Å². The molecule has 2 nitrogen and oxygen atoms in total. The maximum absolute atomic E-state index is 11.3. The number of carbonyl (C=O) groups is 1. The van der Waals surface area contributed by atoms with Gasteiger partial charge in [0, 0.05) is 19.5 Å². The first-order valence-corrected chi connectivity index (χ1v) is 3.97. The first kappa shape index (κ1) is 7.58. The first-order chi connectivity index (χ1) is 4.72. The minimum atomic E-state index is 0.257. The summed E-state index contributed by atoms with van der Waals surface area (Å²) in [6.45, 7) is 2.97. The SMILES string of the molecule is C[C@H]1CCCCN(C)C1=O. The lowest BCUT2D eigenvalue weighted by Crippen LogP contribution is -2.29. The van der Waals surface area contributed by atoms with E-state index in [1.54, 1.807) is 0 Å². The van der Waals surface area contributed by atoms with Gasteiger partial charge in [0.25, 0.3) is 0 Å². The average molecular weight is 141 g/mol. The van der Waals surface area contributed by atoms with Crippen molar-refractivity contribution in [2.45, 2.75) is 26.2 Å². The number of rotatable bonds is 0. The van der Waals surface area contributed by atoms with Gasteiger partial charge in [-0.1, -0.05) is 13.3 Å². The van der Waals surface area contributed by atoms with Crippen LogP contribution in [0.15, 0.2) is 0 Å². The standard InChI is InChI=1S/C8H15NO/c1-7-5-3-4-6-9(2)8(7)10/h7H,3-6H2,1-2H3/t7-/m0/s1. The van der Waals surface area contributed by atoms with Gasteiger partial charge in [-0.05, 0) is 12.8 Å². The molecule has 1 amide bonds. The summed E-state index contributed by atoms with van der Waals surface area (Å²) in [5.74, 6) is 0.574. The van der Waals surface area contributed by atoms with Gasteiger partial charge < -0.3 is 4.90 Å². The van der Waals surface area contributed by atoms with Crippen LogP contribution in [-0.4, -0.2) is 24.4 Å². The molecule has 0 spiro atoms. The van der Waals surface area contributed by atoms with Gasteiger partial charge >= 0.3 is 0 Å². The van der Waals surface area contributed by atoms with E-state index in [2.05, 4.69) is 0 Å². The summed E-state index contributed by atoms with van der Waals surface area (Å²) < 4.78 is 0. The van der Waals surface area contributed by atoms with E-state index < -0.39 is 0 Å². The fraction of sp³-hybridized carbons (Fsp3) is 0.875. The molecule has 1 aliphatic heterocycles. The highest BCUT2D eigenvalue weighted by Gasteiger charge is 2.19. The molecule has 1 atom stereocenters. The second-order valence-corrected chi connectivity index (χ2v) is 3.16. The highest BCUT2D eigenvalue weighted by molar-refractivity contribution is 5.78. The molecule has 2 heteroatoms. The van der Waals surface area contributed by atoms with Crippen molar-refractivity contribution in [1.29, 1.82) is 0 Å². The highest BCUT2D eigenvalue weighted by atomic mass is 16.2. The van der Waals surface area contributed by atoms with Gasteiger partial charge in [-0.15, -0.1) is 0 Å². The van der Waals surface area contributed by atoms with Crippen LogP contribution in [0.3, 0.4) is 0 Å². The van der Waals surface area contributed by atoms with Gasteiger partial charge in [-0.3, -0.25) is 4.79 Å². The monoisotopic (exact) mass is 141 g/mol. The molecule has 0 aliphatic carbocycles. The predicted molar refractivity (Wildman–Crippen MR) is 40.7 cm³/mol. The van der Waals surface area contributed by atoms with E-state index in [0.717, 1.165) is 13.0 Å². The van der Waals surface area contributed by atoms with Crippen molar-refractivity contribution in [3.05, 3.63) is 0 Å². The van der Waals surface area contributed by atoms with Crippen LogP contribution in [-0.2, 0) is 4.79 Å². The second-order valence-electron chi connectivity index (χ2n) is 3.16. The topological polar surface area (TPSA) is 20.3 Å². The van der Waals surface area contributed by atoms with Crippen LogP contribution >= 0.6 is 0 Å². The van der Waals surface area contributed by atoms with Crippen LogP contribution in [0.4, 0.5) is 0 Å².